The molecular formula is C28H36N3O3S+. The number of aromatic nitrogens is 1. The zero-order valence-corrected chi connectivity index (χ0v) is 21.8. The predicted molar refractivity (Wildman–Crippen MR) is 141 cm³/mol. The number of nitrogens with zero attached hydrogens (tertiary/aromatic N) is 2. The highest BCUT2D eigenvalue weighted by molar-refractivity contribution is 7.91. The van der Waals surface area contributed by atoms with E-state index in [1.807, 2.05) is 91.5 Å². The summed E-state index contributed by atoms with van der Waals surface area (Å²) in [5.74, 6) is -0.803. The van der Waals surface area contributed by atoms with Gasteiger partial charge in [0.15, 0.2) is 22.2 Å². The Morgan fingerprint density at radius 1 is 1.06 bits per heavy atom. The van der Waals surface area contributed by atoms with Gasteiger partial charge in [0.2, 0.25) is 0 Å². The number of sulfone groups is 1. The first-order valence-corrected chi connectivity index (χ1v) is 13.9. The largest absolute Gasteiger partial charge is 0.392 e. The molecule has 0 fully saturated rings. The van der Waals surface area contributed by atoms with Gasteiger partial charge in [0.05, 0.1) is 22.4 Å². The standard InChI is InChI=1S/C28H35N3O3S/c1-5-6-8-21-19-35(33,34)26-12-11-24(30(2)3)18-25(26)27(28(21)32)20-9-7-10-23(17-20)29-22-13-15-31(4)16-14-22/h7,9-18,21,27-28,32H,5-6,8,19H2,1-4H3/p+1/t21?,27-,28+/m1/s1. The van der Waals surface area contributed by atoms with Gasteiger partial charge in [-0.05, 0) is 47.9 Å². The molecule has 1 unspecified atom stereocenters. The SMILES string of the molecule is CCCCC1CS(=O)(=O)c2ccc(N(C)C)cc2[C@@H](c2cccc(Nc3cc[n+](C)cc3)c2)[C@H]1O. The Morgan fingerprint density at radius 3 is 2.49 bits per heavy atom. The third-order valence-electron chi connectivity index (χ3n) is 6.88. The van der Waals surface area contributed by atoms with Crippen molar-refractivity contribution in [1.29, 1.82) is 0 Å². The molecule has 186 valence electrons. The second kappa shape index (κ2) is 10.4. The summed E-state index contributed by atoms with van der Waals surface area (Å²) in [6.45, 7) is 2.09. The Hall–Kier alpha value is -2.90. The van der Waals surface area contributed by atoms with Crippen LogP contribution in [0.1, 0.15) is 43.2 Å². The van der Waals surface area contributed by atoms with E-state index in [4.69, 9.17) is 0 Å². The highest BCUT2D eigenvalue weighted by Gasteiger charge is 2.40. The van der Waals surface area contributed by atoms with Crippen LogP contribution in [0.15, 0.2) is 71.9 Å². The van der Waals surface area contributed by atoms with Gasteiger partial charge in [0, 0.05) is 49.4 Å². The Labute approximate surface area is 209 Å². The Kier molecular flexibility index (Phi) is 7.47. The molecule has 0 aliphatic carbocycles. The van der Waals surface area contributed by atoms with Crippen LogP contribution in [0, 0.1) is 5.92 Å². The first-order chi connectivity index (χ1) is 16.7. The molecule has 3 atom stereocenters. The van der Waals surface area contributed by atoms with E-state index in [1.54, 1.807) is 6.07 Å². The molecule has 0 bridgehead atoms. The summed E-state index contributed by atoms with van der Waals surface area (Å²) in [5.41, 5.74) is 4.34. The van der Waals surface area contributed by atoms with Gasteiger partial charge in [-0.3, -0.25) is 0 Å². The highest BCUT2D eigenvalue weighted by Crippen LogP contribution is 2.43. The average Bonchev–Trinajstić information content (AvgIpc) is 2.91. The van der Waals surface area contributed by atoms with E-state index in [0.29, 0.717) is 16.9 Å². The quantitative estimate of drug-likeness (QED) is 0.476. The van der Waals surface area contributed by atoms with Crippen LogP contribution in [0.4, 0.5) is 17.1 Å². The molecule has 0 saturated carbocycles. The van der Waals surface area contributed by atoms with E-state index < -0.39 is 21.9 Å². The van der Waals surface area contributed by atoms with Crippen molar-refractivity contribution >= 4 is 26.9 Å². The lowest BCUT2D eigenvalue weighted by atomic mass is 9.80. The van der Waals surface area contributed by atoms with Gasteiger partial charge in [-0.1, -0.05) is 31.9 Å². The molecule has 0 saturated heterocycles. The summed E-state index contributed by atoms with van der Waals surface area (Å²) in [4.78, 5) is 2.29. The van der Waals surface area contributed by atoms with Crippen molar-refractivity contribution in [3.8, 4) is 0 Å². The first kappa shape index (κ1) is 25.2. The van der Waals surface area contributed by atoms with Gasteiger partial charge in [0.25, 0.3) is 0 Å². The number of hydrogen-bond acceptors (Lipinski definition) is 5. The maximum Gasteiger partial charge on any atom is 0.179 e. The topological polar surface area (TPSA) is 73.5 Å². The fourth-order valence-corrected chi connectivity index (χ4v) is 6.85. The minimum atomic E-state index is -3.53. The molecule has 4 rings (SSSR count). The fourth-order valence-electron chi connectivity index (χ4n) is 4.92. The van der Waals surface area contributed by atoms with Crippen molar-refractivity contribution in [3.05, 3.63) is 78.1 Å². The fraction of sp³-hybridized carbons (Fsp3) is 0.393. The smallest absolute Gasteiger partial charge is 0.179 e. The zero-order valence-electron chi connectivity index (χ0n) is 21.0. The molecule has 0 amide bonds. The second-order valence-corrected chi connectivity index (χ2v) is 11.8. The normalized spacial score (nSPS) is 21.1. The first-order valence-electron chi connectivity index (χ1n) is 12.2. The van der Waals surface area contributed by atoms with Gasteiger partial charge in [-0.2, -0.15) is 0 Å². The maximum atomic E-state index is 13.5. The lowest BCUT2D eigenvalue weighted by Gasteiger charge is -2.29. The minimum absolute atomic E-state index is 0.0298. The number of benzene rings is 2. The monoisotopic (exact) mass is 494 g/mol. The zero-order chi connectivity index (χ0) is 25.2. The summed E-state index contributed by atoms with van der Waals surface area (Å²) in [7, 11) is 2.31. The number of nitrogens with one attached hydrogen (secondary N) is 1. The van der Waals surface area contributed by atoms with Crippen LogP contribution in [-0.4, -0.2) is 39.5 Å². The Bertz CT molecular complexity index is 1270. The maximum absolute atomic E-state index is 13.5. The summed E-state index contributed by atoms with van der Waals surface area (Å²) in [6, 6.07) is 17.5. The van der Waals surface area contributed by atoms with Crippen LogP contribution in [-0.2, 0) is 16.9 Å². The molecule has 2 heterocycles. The number of unbranched alkanes of at least 4 members (excludes halogenated alkanes) is 1. The summed E-state index contributed by atoms with van der Waals surface area (Å²) in [6.07, 6.45) is 5.67. The van der Waals surface area contributed by atoms with Crippen molar-refractivity contribution in [1.82, 2.24) is 0 Å². The van der Waals surface area contributed by atoms with E-state index in [-0.39, 0.29) is 11.7 Å². The van der Waals surface area contributed by atoms with Crippen molar-refractivity contribution < 1.29 is 18.1 Å². The number of aryl methyl sites for hydroxylation is 1. The van der Waals surface area contributed by atoms with Gasteiger partial charge in [-0.25, -0.2) is 13.0 Å². The predicted octanol–water partition coefficient (Wildman–Crippen LogP) is 4.41. The molecule has 2 N–H and O–H groups in total. The molecule has 6 nitrogen and oxygen atoms in total. The summed E-state index contributed by atoms with van der Waals surface area (Å²) in [5, 5.41) is 15.1. The van der Waals surface area contributed by atoms with Gasteiger partial charge >= 0.3 is 0 Å². The molecule has 2 aromatic carbocycles. The number of rotatable bonds is 7. The lowest BCUT2D eigenvalue weighted by Crippen LogP contribution is -2.30. The van der Waals surface area contributed by atoms with Gasteiger partial charge in [-0.15, -0.1) is 0 Å². The van der Waals surface area contributed by atoms with Crippen LogP contribution in [0.5, 0.6) is 0 Å². The summed E-state index contributed by atoms with van der Waals surface area (Å²) >= 11 is 0. The highest BCUT2D eigenvalue weighted by atomic mass is 32.2. The molecule has 1 aliphatic heterocycles. The number of pyridine rings is 1. The number of fused-ring (bicyclic) bond motifs is 1. The van der Waals surface area contributed by atoms with E-state index in [1.165, 1.54) is 0 Å². The van der Waals surface area contributed by atoms with E-state index in [9.17, 15) is 13.5 Å². The molecule has 0 radical (unpaired) electrons. The lowest BCUT2D eigenvalue weighted by molar-refractivity contribution is -0.671. The molecule has 7 heteroatoms. The van der Waals surface area contributed by atoms with E-state index in [0.717, 1.165) is 35.5 Å². The number of anilines is 3. The van der Waals surface area contributed by atoms with Crippen LogP contribution in [0.2, 0.25) is 0 Å². The Morgan fingerprint density at radius 2 is 1.80 bits per heavy atom. The van der Waals surface area contributed by atoms with Crippen LogP contribution in [0.25, 0.3) is 0 Å². The van der Waals surface area contributed by atoms with Crippen molar-refractivity contribution in [3.63, 3.8) is 0 Å². The van der Waals surface area contributed by atoms with Crippen LogP contribution in [0.3, 0.4) is 0 Å². The van der Waals surface area contributed by atoms with Gasteiger partial charge in [0.1, 0.15) is 7.05 Å². The minimum Gasteiger partial charge on any atom is -0.392 e. The molecule has 1 aliphatic rings. The van der Waals surface area contributed by atoms with Crippen LogP contribution >= 0.6 is 0 Å². The van der Waals surface area contributed by atoms with E-state index in [2.05, 4.69) is 12.2 Å². The molecule has 3 aromatic rings. The molecular weight excluding hydrogens is 458 g/mol. The number of hydrogen-bond donors (Lipinski definition) is 2. The molecule has 1 aromatic heterocycles. The van der Waals surface area contributed by atoms with Crippen molar-refractivity contribution in [2.45, 2.75) is 43.1 Å². The number of aliphatic hydroxyl groups is 1. The molecule has 35 heavy (non-hydrogen) atoms. The number of aliphatic hydroxyl groups excluding tert-OH is 1. The van der Waals surface area contributed by atoms with Gasteiger partial charge < -0.3 is 15.3 Å². The Balaban J connectivity index is 1.82. The van der Waals surface area contributed by atoms with Crippen molar-refractivity contribution in [2.24, 2.45) is 13.0 Å². The average molecular weight is 495 g/mol. The summed E-state index contributed by atoms with van der Waals surface area (Å²) < 4.78 is 28.9. The van der Waals surface area contributed by atoms with Crippen LogP contribution < -0.4 is 14.8 Å². The van der Waals surface area contributed by atoms with Crippen molar-refractivity contribution in [2.75, 3.05) is 30.1 Å². The van der Waals surface area contributed by atoms with E-state index >= 15 is 0 Å². The molecule has 0 spiro atoms. The third kappa shape index (κ3) is 5.52. The second-order valence-electron chi connectivity index (χ2n) is 9.77. The third-order valence-corrected chi connectivity index (χ3v) is 8.79.